The largest absolute Gasteiger partial charge is 0.495 e. The lowest BCUT2D eigenvalue weighted by molar-refractivity contribution is -0.117. The highest BCUT2D eigenvalue weighted by atomic mass is 35.5. The Morgan fingerprint density at radius 1 is 1.21 bits per heavy atom. The Balaban J connectivity index is 1.62. The van der Waals surface area contributed by atoms with Gasteiger partial charge in [0.25, 0.3) is 0 Å². The minimum absolute atomic E-state index is 0.162. The average molecular weight is 399 g/mol. The first-order valence-electron chi connectivity index (χ1n) is 8.99. The van der Waals surface area contributed by atoms with Crippen molar-refractivity contribution in [2.45, 2.75) is 26.1 Å². The van der Waals surface area contributed by atoms with E-state index in [0.29, 0.717) is 29.5 Å². The summed E-state index contributed by atoms with van der Waals surface area (Å²) < 4.78 is 7.15. The number of hydrogen-bond acceptors (Lipinski definition) is 4. The molecule has 6 nitrogen and oxygen atoms in total. The maximum atomic E-state index is 12.6. The summed E-state index contributed by atoms with van der Waals surface area (Å²) in [6, 6.07) is 14.7. The van der Waals surface area contributed by atoms with Crippen LogP contribution in [0.3, 0.4) is 0 Å². The molecule has 1 heterocycles. The Morgan fingerprint density at radius 2 is 2.00 bits per heavy atom. The van der Waals surface area contributed by atoms with E-state index in [9.17, 15) is 4.79 Å². The maximum absolute atomic E-state index is 12.6. The molecule has 146 valence electrons. The van der Waals surface area contributed by atoms with Gasteiger partial charge in [-0.2, -0.15) is 5.10 Å². The van der Waals surface area contributed by atoms with E-state index in [0.717, 1.165) is 11.1 Å². The van der Waals surface area contributed by atoms with Gasteiger partial charge >= 0.3 is 0 Å². The quantitative estimate of drug-likeness (QED) is 0.607. The molecule has 7 heteroatoms. The Kier molecular flexibility index (Phi) is 6.68. The fraction of sp³-hybridized carbons (Fsp3) is 0.238. The number of rotatable bonds is 8. The standard InChI is InChI=1S/C21H23ClN4O2/c1-15(21(27)25-19-12-18(22)8-9-20(19)28-2)23-13-16-6-3-4-7-17(16)14-26-11-5-10-24-26/h3-12,15,23H,13-14H2,1-2H3,(H,25,27)/t15-/m0/s1. The molecule has 0 aliphatic heterocycles. The van der Waals surface area contributed by atoms with Crippen molar-refractivity contribution >= 4 is 23.2 Å². The van der Waals surface area contributed by atoms with Crippen LogP contribution < -0.4 is 15.4 Å². The van der Waals surface area contributed by atoms with Crippen LogP contribution in [0.4, 0.5) is 5.69 Å². The van der Waals surface area contributed by atoms with Gasteiger partial charge in [-0.05, 0) is 42.3 Å². The van der Waals surface area contributed by atoms with Crippen LogP contribution in [0, 0.1) is 0 Å². The minimum atomic E-state index is -0.401. The summed E-state index contributed by atoms with van der Waals surface area (Å²) in [5.41, 5.74) is 2.83. The van der Waals surface area contributed by atoms with Crippen molar-refractivity contribution in [3.05, 3.63) is 77.1 Å². The Bertz CT molecular complexity index is 928. The van der Waals surface area contributed by atoms with Crippen molar-refractivity contribution in [2.75, 3.05) is 12.4 Å². The van der Waals surface area contributed by atoms with E-state index in [1.54, 1.807) is 31.5 Å². The number of carbonyl (C=O) groups excluding carboxylic acids is 1. The molecule has 2 N–H and O–H groups in total. The first kappa shape index (κ1) is 19.9. The lowest BCUT2D eigenvalue weighted by Gasteiger charge is -2.17. The van der Waals surface area contributed by atoms with Gasteiger partial charge in [-0.3, -0.25) is 9.48 Å². The third kappa shape index (κ3) is 5.12. The van der Waals surface area contributed by atoms with Gasteiger partial charge in [0.15, 0.2) is 0 Å². The number of anilines is 1. The molecule has 0 aliphatic carbocycles. The van der Waals surface area contributed by atoms with Crippen LogP contribution in [-0.4, -0.2) is 28.8 Å². The zero-order chi connectivity index (χ0) is 19.9. The van der Waals surface area contributed by atoms with E-state index in [1.807, 2.05) is 36.0 Å². The van der Waals surface area contributed by atoms with Gasteiger partial charge in [0.05, 0.1) is 25.4 Å². The Morgan fingerprint density at radius 3 is 2.71 bits per heavy atom. The first-order valence-corrected chi connectivity index (χ1v) is 9.36. The second kappa shape index (κ2) is 9.39. The number of aromatic nitrogens is 2. The normalized spacial score (nSPS) is 11.8. The highest BCUT2D eigenvalue weighted by molar-refractivity contribution is 6.31. The predicted molar refractivity (Wildman–Crippen MR) is 111 cm³/mol. The van der Waals surface area contributed by atoms with Crippen LogP contribution >= 0.6 is 11.6 Å². The molecule has 1 aromatic heterocycles. The third-order valence-corrected chi connectivity index (χ3v) is 4.66. The molecule has 1 atom stereocenters. The summed E-state index contributed by atoms with van der Waals surface area (Å²) in [6.45, 7) is 3.08. The van der Waals surface area contributed by atoms with Gasteiger partial charge < -0.3 is 15.4 Å². The molecule has 0 bridgehead atoms. The van der Waals surface area contributed by atoms with Crippen molar-refractivity contribution in [1.82, 2.24) is 15.1 Å². The number of nitrogens with zero attached hydrogens (tertiary/aromatic N) is 2. The SMILES string of the molecule is COc1ccc(Cl)cc1NC(=O)[C@H](C)NCc1ccccc1Cn1cccn1. The monoisotopic (exact) mass is 398 g/mol. The van der Waals surface area contributed by atoms with Gasteiger partial charge in [-0.15, -0.1) is 0 Å². The number of amides is 1. The fourth-order valence-electron chi connectivity index (χ4n) is 2.83. The summed E-state index contributed by atoms with van der Waals surface area (Å²) >= 11 is 6.02. The molecule has 3 rings (SSSR count). The van der Waals surface area contributed by atoms with E-state index >= 15 is 0 Å². The number of ether oxygens (including phenoxy) is 1. The van der Waals surface area contributed by atoms with E-state index in [4.69, 9.17) is 16.3 Å². The summed E-state index contributed by atoms with van der Waals surface area (Å²) in [7, 11) is 1.55. The molecule has 0 saturated carbocycles. The average Bonchev–Trinajstić information content (AvgIpc) is 3.20. The second-order valence-corrected chi connectivity index (χ2v) is 6.85. The molecule has 0 radical (unpaired) electrons. The number of halogens is 1. The number of hydrogen-bond donors (Lipinski definition) is 2. The van der Waals surface area contributed by atoms with Gasteiger partial charge in [0.2, 0.25) is 5.91 Å². The molecular formula is C21H23ClN4O2. The third-order valence-electron chi connectivity index (χ3n) is 4.42. The number of benzene rings is 2. The molecule has 3 aromatic rings. The van der Waals surface area contributed by atoms with Crippen molar-refractivity contribution in [1.29, 1.82) is 0 Å². The first-order chi connectivity index (χ1) is 13.6. The molecule has 0 unspecified atom stereocenters. The number of nitrogens with one attached hydrogen (secondary N) is 2. The van der Waals surface area contributed by atoms with Gasteiger partial charge in [-0.25, -0.2) is 0 Å². The van der Waals surface area contributed by atoms with E-state index in [2.05, 4.69) is 27.9 Å². The van der Waals surface area contributed by atoms with Crippen molar-refractivity contribution in [3.8, 4) is 5.75 Å². The maximum Gasteiger partial charge on any atom is 0.241 e. The van der Waals surface area contributed by atoms with Gasteiger partial charge in [0.1, 0.15) is 5.75 Å². The van der Waals surface area contributed by atoms with E-state index < -0.39 is 6.04 Å². The molecule has 0 saturated heterocycles. The number of carbonyl (C=O) groups is 1. The Labute approximate surface area is 169 Å². The molecule has 0 aliphatic rings. The predicted octanol–water partition coefficient (Wildman–Crippen LogP) is 3.71. The zero-order valence-electron chi connectivity index (χ0n) is 15.9. The van der Waals surface area contributed by atoms with Crippen molar-refractivity contribution in [2.24, 2.45) is 0 Å². The highest BCUT2D eigenvalue weighted by Crippen LogP contribution is 2.27. The lowest BCUT2D eigenvalue weighted by atomic mass is 10.1. The topological polar surface area (TPSA) is 68.2 Å². The smallest absolute Gasteiger partial charge is 0.241 e. The van der Waals surface area contributed by atoms with Crippen LogP contribution in [0.25, 0.3) is 0 Å². The second-order valence-electron chi connectivity index (χ2n) is 6.41. The molecule has 0 spiro atoms. The summed E-state index contributed by atoms with van der Waals surface area (Å²) in [6.07, 6.45) is 3.69. The lowest BCUT2D eigenvalue weighted by Crippen LogP contribution is -2.37. The molecule has 28 heavy (non-hydrogen) atoms. The van der Waals surface area contributed by atoms with Gasteiger partial charge in [-0.1, -0.05) is 35.9 Å². The molecule has 0 fully saturated rings. The molecule has 2 aromatic carbocycles. The number of methoxy groups -OCH3 is 1. The summed E-state index contributed by atoms with van der Waals surface area (Å²) in [5, 5.41) is 10.9. The molecular weight excluding hydrogens is 376 g/mol. The van der Waals surface area contributed by atoms with Crippen LogP contribution in [0.2, 0.25) is 5.02 Å². The van der Waals surface area contributed by atoms with Crippen LogP contribution in [-0.2, 0) is 17.9 Å². The van der Waals surface area contributed by atoms with Crippen LogP contribution in [0.1, 0.15) is 18.1 Å². The fourth-order valence-corrected chi connectivity index (χ4v) is 3.00. The van der Waals surface area contributed by atoms with Crippen molar-refractivity contribution < 1.29 is 9.53 Å². The highest BCUT2D eigenvalue weighted by Gasteiger charge is 2.15. The zero-order valence-corrected chi connectivity index (χ0v) is 16.6. The van der Waals surface area contributed by atoms with Gasteiger partial charge in [0, 0.05) is 24.0 Å². The summed E-state index contributed by atoms with van der Waals surface area (Å²) in [4.78, 5) is 12.6. The molecule has 1 amide bonds. The Hall–Kier alpha value is -2.83. The minimum Gasteiger partial charge on any atom is -0.495 e. The van der Waals surface area contributed by atoms with E-state index in [1.165, 1.54) is 0 Å². The summed E-state index contributed by atoms with van der Waals surface area (Å²) in [5.74, 6) is 0.402. The van der Waals surface area contributed by atoms with Crippen molar-refractivity contribution in [3.63, 3.8) is 0 Å². The van der Waals surface area contributed by atoms with Crippen LogP contribution in [0.15, 0.2) is 60.9 Å². The van der Waals surface area contributed by atoms with Crippen LogP contribution in [0.5, 0.6) is 5.75 Å². The van der Waals surface area contributed by atoms with E-state index in [-0.39, 0.29) is 5.91 Å².